The fourth-order valence-corrected chi connectivity index (χ4v) is 14.8. The lowest BCUT2D eigenvalue weighted by atomic mass is 10.1. The highest BCUT2D eigenvalue weighted by atomic mass is 32.2. The highest BCUT2D eigenvalue weighted by Gasteiger charge is 2.65. The van der Waals surface area contributed by atoms with Crippen LogP contribution in [0.3, 0.4) is 0 Å². The molecule has 0 N–H and O–H groups in total. The second kappa shape index (κ2) is 15.4. The average Bonchev–Trinajstić information content (AvgIpc) is 2.77. The first kappa shape index (κ1) is 31.5. The second-order valence-corrected chi connectivity index (χ2v) is 18.1. The Morgan fingerprint density at radius 2 is 0.806 bits per heavy atom. The molecule has 0 saturated carbocycles. The van der Waals surface area contributed by atoms with Crippen molar-refractivity contribution in [3.05, 3.63) is 0 Å². The quantitative estimate of drug-likeness (QED) is 0.150. The lowest BCUT2D eigenvalue weighted by Gasteiger charge is -2.49. The summed E-state index contributed by atoms with van der Waals surface area (Å²) in [6, 6.07) is 0. The SMILES string of the molecule is CCCCCCC(C)(SC(C)(CCCCCC)[Si](OC)(OC)OC)[Si](OC)(OC)OC. The van der Waals surface area contributed by atoms with E-state index in [1.807, 2.05) is 11.8 Å². The van der Waals surface area contributed by atoms with Crippen LogP contribution in [0.1, 0.15) is 91.9 Å². The average molecular weight is 499 g/mol. The Kier molecular flexibility index (Phi) is 15.7. The van der Waals surface area contributed by atoms with Gasteiger partial charge in [0.05, 0.1) is 8.74 Å². The van der Waals surface area contributed by atoms with Crippen LogP contribution in [-0.4, -0.2) is 69.0 Å². The minimum Gasteiger partial charge on any atom is -0.376 e. The molecular weight excluding hydrogens is 448 g/mol. The molecule has 0 aromatic heterocycles. The third kappa shape index (κ3) is 7.78. The van der Waals surface area contributed by atoms with Gasteiger partial charge in [-0.05, 0) is 26.7 Å². The minimum atomic E-state index is -2.99. The van der Waals surface area contributed by atoms with Gasteiger partial charge in [0, 0.05) is 42.7 Å². The molecular formula is C22H50O6SSi2. The van der Waals surface area contributed by atoms with Crippen molar-refractivity contribution < 1.29 is 26.6 Å². The maximum Gasteiger partial charge on any atom is 0.516 e. The molecule has 188 valence electrons. The zero-order valence-electron chi connectivity index (χ0n) is 21.9. The van der Waals surface area contributed by atoms with Crippen LogP contribution in [0.4, 0.5) is 0 Å². The molecule has 0 saturated heterocycles. The van der Waals surface area contributed by atoms with Crippen molar-refractivity contribution in [1.29, 1.82) is 0 Å². The molecule has 0 aliphatic rings. The molecule has 0 bridgehead atoms. The maximum atomic E-state index is 6.03. The molecule has 0 amide bonds. The summed E-state index contributed by atoms with van der Waals surface area (Å²) in [5, 5.41) is 0. The third-order valence-electron chi connectivity index (χ3n) is 6.37. The van der Waals surface area contributed by atoms with Gasteiger partial charge < -0.3 is 26.6 Å². The van der Waals surface area contributed by atoms with E-state index in [1.165, 1.54) is 38.5 Å². The highest BCUT2D eigenvalue weighted by molar-refractivity contribution is 8.05. The smallest absolute Gasteiger partial charge is 0.376 e. The van der Waals surface area contributed by atoms with Crippen molar-refractivity contribution in [2.45, 2.75) is 101 Å². The Labute approximate surface area is 199 Å². The van der Waals surface area contributed by atoms with Gasteiger partial charge >= 0.3 is 17.6 Å². The Bertz CT molecular complexity index is 409. The summed E-state index contributed by atoms with van der Waals surface area (Å²) in [7, 11) is 4.24. The Morgan fingerprint density at radius 1 is 0.516 bits per heavy atom. The summed E-state index contributed by atoms with van der Waals surface area (Å²) >= 11 is 1.85. The van der Waals surface area contributed by atoms with Crippen LogP contribution in [0.5, 0.6) is 0 Å². The van der Waals surface area contributed by atoms with E-state index in [4.69, 9.17) is 26.6 Å². The maximum absolute atomic E-state index is 6.03. The monoisotopic (exact) mass is 498 g/mol. The number of unbranched alkanes of at least 4 members (excludes halogenated alkanes) is 6. The van der Waals surface area contributed by atoms with Gasteiger partial charge in [0.2, 0.25) is 0 Å². The van der Waals surface area contributed by atoms with Crippen LogP contribution < -0.4 is 0 Å². The van der Waals surface area contributed by atoms with Crippen LogP contribution in [-0.2, 0) is 26.6 Å². The van der Waals surface area contributed by atoms with Crippen molar-refractivity contribution in [3.8, 4) is 0 Å². The van der Waals surface area contributed by atoms with E-state index < -0.39 is 17.6 Å². The molecule has 0 aromatic carbocycles. The van der Waals surface area contributed by atoms with E-state index in [1.54, 1.807) is 42.7 Å². The molecule has 0 aliphatic heterocycles. The van der Waals surface area contributed by atoms with E-state index in [-0.39, 0.29) is 8.74 Å². The molecule has 6 nitrogen and oxygen atoms in total. The molecule has 0 radical (unpaired) electrons. The Morgan fingerprint density at radius 3 is 1.03 bits per heavy atom. The lowest BCUT2D eigenvalue weighted by Crippen LogP contribution is -2.67. The summed E-state index contributed by atoms with van der Waals surface area (Å²) in [4.78, 5) is 0. The van der Waals surface area contributed by atoms with Crippen LogP contribution in [0.25, 0.3) is 0 Å². The van der Waals surface area contributed by atoms with Crippen LogP contribution >= 0.6 is 11.8 Å². The Balaban J connectivity index is 6.20. The first-order valence-electron chi connectivity index (χ1n) is 11.7. The molecule has 0 heterocycles. The standard InChI is InChI=1S/C22H50O6SSi2/c1-11-13-15-17-19-21(3,30(23-5,24-6)25-7)29-22(4,20-18-16-14-12-2)31(26-8,27-9)28-10/h11-20H2,1-10H3. The van der Waals surface area contributed by atoms with Gasteiger partial charge in [-0.25, -0.2) is 0 Å². The van der Waals surface area contributed by atoms with Gasteiger partial charge in [-0.15, -0.1) is 11.8 Å². The number of thioether (sulfide) groups is 1. The fraction of sp³-hybridized carbons (Fsp3) is 1.00. The zero-order valence-corrected chi connectivity index (χ0v) is 24.7. The topological polar surface area (TPSA) is 55.4 Å². The van der Waals surface area contributed by atoms with E-state index in [0.717, 1.165) is 25.7 Å². The predicted molar refractivity (Wildman–Crippen MR) is 135 cm³/mol. The number of rotatable bonds is 20. The summed E-state index contributed by atoms with van der Waals surface area (Å²) in [5.74, 6) is 0. The molecule has 0 fully saturated rings. The van der Waals surface area contributed by atoms with E-state index >= 15 is 0 Å². The number of hydrogen-bond acceptors (Lipinski definition) is 7. The number of hydrogen-bond donors (Lipinski definition) is 0. The van der Waals surface area contributed by atoms with Crippen molar-refractivity contribution in [2.75, 3.05) is 42.7 Å². The normalized spacial score (nSPS) is 16.8. The summed E-state index contributed by atoms with van der Waals surface area (Å²) in [6.45, 7) is 8.93. The van der Waals surface area contributed by atoms with Gasteiger partial charge in [-0.2, -0.15) is 0 Å². The highest BCUT2D eigenvalue weighted by Crippen LogP contribution is 2.52. The van der Waals surface area contributed by atoms with Crippen molar-refractivity contribution in [1.82, 2.24) is 0 Å². The second-order valence-electron chi connectivity index (χ2n) is 8.52. The lowest BCUT2D eigenvalue weighted by molar-refractivity contribution is 0.103. The van der Waals surface area contributed by atoms with Gasteiger partial charge in [0.15, 0.2) is 0 Å². The molecule has 0 rings (SSSR count). The van der Waals surface area contributed by atoms with Crippen LogP contribution in [0, 0.1) is 0 Å². The fourth-order valence-electron chi connectivity index (χ4n) is 4.60. The summed E-state index contributed by atoms with van der Waals surface area (Å²) < 4.78 is 35.4. The van der Waals surface area contributed by atoms with Crippen molar-refractivity contribution in [2.24, 2.45) is 0 Å². The van der Waals surface area contributed by atoms with E-state index in [9.17, 15) is 0 Å². The van der Waals surface area contributed by atoms with Gasteiger partial charge in [0.25, 0.3) is 0 Å². The van der Waals surface area contributed by atoms with Gasteiger partial charge in [0.1, 0.15) is 0 Å². The molecule has 9 heteroatoms. The molecule has 31 heavy (non-hydrogen) atoms. The molecule has 2 unspecified atom stereocenters. The minimum absolute atomic E-state index is 0.369. The van der Waals surface area contributed by atoms with Crippen molar-refractivity contribution in [3.63, 3.8) is 0 Å². The summed E-state index contributed by atoms with van der Waals surface area (Å²) in [6.07, 6.45) is 11.3. The van der Waals surface area contributed by atoms with Gasteiger partial charge in [-0.3, -0.25) is 0 Å². The predicted octanol–water partition coefficient (Wildman–Crippen LogP) is 6.01. The molecule has 0 aliphatic carbocycles. The first-order chi connectivity index (χ1) is 14.7. The summed E-state index contributed by atoms with van der Waals surface area (Å²) in [5.41, 5.74) is 0. The van der Waals surface area contributed by atoms with Crippen molar-refractivity contribution >= 4 is 29.4 Å². The zero-order chi connectivity index (χ0) is 24.0. The van der Waals surface area contributed by atoms with E-state index in [0.29, 0.717) is 0 Å². The molecule has 2 atom stereocenters. The molecule has 0 aromatic rings. The molecule has 0 spiro atoms. The largest absolute Gasteiger partial charge is 0.516 e. The van der Waals surface area contributed by atoms with E-state index in [2.05, 4.69) is 27.7 Å². The van der Waals surface area contributed by atoms with Crippen LogP contribution in [0.15, 0.2) is 0 Å². The van der Waals surface area contributed by atoms with Crippen LogP contribution in [0.2, 0.25) is 0 Å². The third-order valence-corrected chi connectivity index (χ3v) is 16.1. The first-order valence-corrected chi connectivity index (χ1v) is 16.0. The van der Waals surface area contributed by atoms with Gasteiger partial charge in [-0.1, -0.05) is 65.2 Å². The Hall–Kier alpha value is 0.544.